The molecular weight excluding hydrogens is 228 g/mol. The highest BCUT2D eigenvalue weighted by Gasteiger charge is 2.19. The molecule has 0 aromatic heterocycles. The monoisotopic (exact) mass is 238 g/mol. The Labute approximate surface area is 103 Å². The van der Waals surface area contributed by atoms with Crippen molar-refractivity contribution in [2.75, 3.05) is 0 Å². The first-order valence-electron chi connectivity index (χ1n) is 5.75. The normalized spacial score (nSPS) is 14.4. The van der Waals surface area contributed by atoms with Crippen molar-refractivity contribution in [3.63, 3.8) is 0 Å². The van der Waals surface area contributed by atoms with Gasteiger partial charge in [0.2, 0.25) is 0 Å². The molecule has 1 aromatic carbocycles. The molecular formula is C14H10N2S. The van der Waals surface area contributed by atoms with Crippen LogP contribution in [0.4, 0.5) is 5.00 Å². The second-order valence-corrected chi connectivity index (χ2v) is 5.12. The third kappa shape index (κ3) is 1.26. The molecule has 2 nitrogen and oxygen atoms in total. The van der Waals surface area contributed by atoms with Gasteiger partial charge < -0.3 is 0 Å². The van der Waals surface area contributed by atoms with E-state index in [0.717, 1.165) is 29.1 Å². The molecule has 0 radical (unpaired) electrons. The first kappa shape index (κ1) is 9.31. The van der Waals surface area contributed by atoms with E-state index >= 15 is 0 Å². The summed E-state index contributed by atoms with van der Waals surface area (Å²) in [6, 6.07) is 8.35. The van der Waals surface area contributed by atoms with Gasteiger partial charge in [-0.15, -0.1) is 11.3 Å². The Bertz CT molecular complexity index is 712. The zero-order chi connectivity index (χ0) is 11.2. The Morgan fingerprint density at radius 1 is 1.18 bits per heavy atom. The summed E-state index contributed by atoms with van der Waals surface area (Å²) < 4.78 is 0. The van der Waals surface area contributed by atoms with Crippen molar-refractivity contribution in [2.24, 2.45) is 4.99 Å². The highest BCUT2D eigenvalue weighted by molar-refractivity contribution is 7.14. The van der Waals surface area contributed by atoms with Crippen LogP contribution in [0.3, 0.4) is 0 Å². The van der Waals surface area contributed by atoms with Gasteiger partial charge >= 0.3 is 0 Å². The fourth-order valence-electron chi connectivity index (χ4n) is 2.43. The average Bonchev–Trinajstić information content (AvgIpc) is 2.78. The first-order valence-corrected chi connectivity index (χ1v) is 6.63. The number of aromatic nitrogens is 1. The standard InChI is InChI=1S/C14H10N2S/c1-2-6-12-9(4-1)11-8-17-14-10(13(11)16-12)5-3-7-15-14/h1-2,4,6-8H,3,5H2. The fraction of sp³-hybridized carbons (Fsp3) is 0.143. The van der Waals surface area contributed by atoms with E-state index in [9.17, 15) is 0 Å². The van der Waals surface area contributed by atoms with E-state index < -0.39 is 0 Å². The van der Waals surface area contributed by atoms with Gasteiger partial charge in [-0.25, -0.2) is 4.98 Å². The fourth-order valence-corrected chi connectivity index (χ4v) is 3.38. The molecule has 0 bridgehead atoms. The second-order valence-electron chi connectivity index (χ2n) is 4.26. The van der Waals surface area contributed by atoms with Crippen LogP contribution in [0.5, 0.6) is 0 Å². The molecule has 82 valence electrons. The lowest BCUT2D eigenvalue weighted by molar-refractivity contribution is 1.03. The quantitative estimate of drug-likeness (QED) is 0.580. The highest BCUT2D eigenvalue weighted by atomic mass is 32.1. The SMILES string of the molecule is C1=Nc2scc3c4ccccc4nc-3c2CC1. The van der Waals surface area contributed by atoms with E-state index in [0.29, 0.717) is 0 Å². The van der Waals surface area contributed by atoms with Crippen molar-refractivity contribution < 1.29 is 0 Å². The zero-order valence-corrected chi connectivity index (χ0v) is 10.00. The first-order chi connectivity index (χ1) is 8.43. The minimum absolute atomic E-state index is 1.03. The summed E-state index contributed by atoms with van der Waals surface area (Å²) in [5.41, 5.74) is 4.85. The Morgan fingerprint density at radius 3 is 3.12 bits per heavy atom. The Morgan fingerprint density at radius 2 is 2.12 bits per heavy atom. The van der Waals surface area contributed by atoms with Crippen LogP contribution >= 0.6 is 11.3 Å². The third-order valence-electron chi connectivity index (χ3n) is 3.25. The van der Waals surface area contributed by atoms with E-state index in [1.807, 2.05) is 12.3 Å². The van der Waals surface area contributed by atoms with Crippen molar-refractivity contribution in [1.82, 2.24) is 4.98 Å². The van der Waals surface area contributed by atoms with Gasteiger partial charge in [-0.1, -0.05) is 18.2 Å². The van der Waals surface area contributed by atoms with Gasteiger partial charge in [-0.2, -0.15) is 0 Å². The summed E-state index contributed by atoms with van der Waals surface area (Å²) in [7, 11) is 0. The largest absolute Gasteiger partial charge is 0.250 e. The summed E-state index contributed by atoms with van der Waals surface area (Å²) in [5, 5.41) is 4.58. The number of hydrogen-bond acceptors (Lipinski definition) is 3. The molecule has 3 heterocycles. The second kappa shape index (κ2) is 3.37. The predicted molar refractivity (Wildman–Crippen MR) is 72.7 cm³/mol. The Hall–Kier alpha value is -1.74. The van der Waals surface area contributed by atoms with Crippen molar-refractivity contribution in [3.8, 4) is 11.3 Å². The molecule has 0 amide bonds. The van der Waals surface area contributed by atoms with Crippen LogP contribution in [0.15, 0.2) is 34.6 Å². The molecule has 1 aromatic rings. The number of fused-ring (bicyclic) bond motifs is 5. The summed E-state index contributed by atoms with van der Waals surface area (Å²) in [5.74, 6) is 0. The topological polar surface area (TPSA) is 25.2 Å². The van der Waals surface area contributed by atoms with Crippen molar-refractivity contribution in [2.45, 2.75) is 12.8 Å². The lowest BCUT2D eigenvalue weighted by atomic mass is 10.0. The molecule has 0 N–H and O–H groups in total. The van der Waals surface area contributed by atoms with Crippen LogP contribution in [0.25, 0.3) is 22.2 Å². The molecule has 3 heteroatoms. The number of rotatable bonds is 0. The molecule has 0 unspecified atom stereocenters. The van der Waals surface area contributed by atoms with Crippen molar-refractivity contribution >= 4 is 33.5 Å². The molecule has 0 spiro atoms. The number of hydrogen-bond donors (Lipinski definition) is 0. The summed E-state index contributed by atoms with van der Waals surface area (Å²) in [4.78, 5) is 9.23. The molecule has 3 aliphatic heterocycles. The number of aliphatic imine (C=N–C) groups is 1. The van der Waals surface area contributed by atoms with Gasteiger partial charge in [-0.05, 0) is 18.9 Å². The van der Waals surface area contributed by atoms with E-state index in [1.54, 1.807) is 11.3 Å². The van der Waals surface area contributed by atoms with Gasteiger partial charge in [-0.3, -0.25) is 4.99 Å². The zero-order valence-electron chi connectivity index (χ0n) is 9.18. The molecule has 3 aliphatic rings. The molecule has 0 saturated heterocycles. The minimum atomic E-state index is 1.03. The molecule has 0 aliphatic carbocycles. The van der Waals surface area contributed by atoms with Crippen LogP contribution in [0.1, 0.15) is 12.0 Å². The lowest BCUT2D eigenvalue weighted by Crippen LogP contribution is -1.96. The molecule has 0 atom stereocenters. The molecule has 0 fully saturated rings. The smallest absolute Gasteiger partial charge is 0.120 e. The van der Waals surface area contributed by atoms with Gasteiger partial charge in [0.1, 0.15) is 5.00 Å². The minimum Gasteiger partial charge on any atom is -0.250 e. The Kier molecular flexibility index (Phi) is 1.85. The van der Waals surface area contributed by atoms with Crippen LogP contribution in [0, 0.1) is 0 Å². The van der Waals surface area contributed by atoms with Crippen molar-refractivity contribution in [3.05, 3.63) is 35.2 Å². The summed E-state index contributed by atoms with van der Waals surface area (Å²) >= 11 is 1.73. The summed E-state index contributed by atoms with van der Waals surface area (Å²) in [6.07, 6.45) is 4.10. The number of nitrogens with zero attached hydrogens (tertiary/aromatic N) is 2. The van der Waals surface area contributed by atoms with Gasteiger partial charge in [0.05, 0.1) is 11.2 Å². The lowest BCUT2D eigenvalue weighted by Gasteiger charge is -2.11. The number of benzene rings is 1. The molecule has 17 heavy (non-hydrogen) atoms. The predicted octanol–water partition coefficient (Wildman–Crippen LogP) is 4.05. The van der Waals surface area contributed by atoms with E-state index in [1.165, 1.54) is 16.5 Å². The maximum atomic E-state index is 4.76. The number of para-hydroxylation sites is 1. The average molecular weight is 238 g/mol. The maximum Gasteiger partial charge on any atom is 0.120 e. The van der Waals surface area contributed by atoms with Gasteiger partial charge in [0.25, 0.3) is 0 Å². The summed E-state index contributed by atoms with van der Waals surface area (Å²) in [6.45, 7) is 0. The van der Waals surface area contributed by atoms with E-state index in [2.05, 4.69) is 28.6 Å². The van der Waals surface area contributed by atoms with Gasteiger partial charge in [0, 0.05) is 28.1 Å². The van der Waals surface area contributed by atoms with Crippen LogP contribution in [0.2, 0.25) is 0 Å². The molecule has 0 saturated carbocycles. The van der Waals surface area contributed by atoms with E-state index in [4.69, 9.17) is 4.98 Å². The maximum absolute atomic E-state index is 4.76. The van der Waals surface area contributed by atoms with Crippen molar-refractivity contribution in [1.29, 1.82) is 0 Å². The van der Waals surface area contributed by atoms with Crippen LogP contribution in [-0.4, -0.2) is 11.2 Å². The highest BCUT2D eigenvalue weighted by Crippen LogP contribution is 2.42. The van der Waals surface area contributed by atoms with E-state index in [-0.39, 0.29) is 0 Å². The van der Waals surface area contributed by atoms with Gasteiger partial charge in [0.15, 0.2) is 0 Å². The molecule has 4 rings (SSSR count). The van der Waals surface area contributed by atoms with Crippen LogP contribution in [-0.2, 0) is 6.42 Å². The van der Waals surface area contributed by atoms with Crippen LogP contribution < -0.4 is 0 Å². The Balaban J connectivity index is 2.15. The third-order valence-corrected chi connectivity index (χ3v) is 4.17.